The molecule has 3 saturated heterocycles. The second-order valence-corrected chi connectivity index (χ2v) is 5.92. The molecule has 3 aliphatic rings. The van der Waals surface area contributed by atoms with Crippen molar-refractivity contribution in [3.63, 3.8) is 0 Å². The van der Waals surface area contributed by atoms with Crippen LogP contribution in [0.2, 0.25) is 0 Å². The molecule has 3 nitrogen and oxygen atoms in total. The summed E-state index contributed by atoms with van der Waals surface area (Å²) in [6, 6.07) is 4.20. The van der Waals surface area contributed by atoms with Crippen molar-refractivity contribution in [1.82, 2.24) is 9.88 Å². The normalized spacial score (nSPS) is 36.1. The number of fused-ring (bicyclic) bond motifs is 3. The maximum Gasteiger partial charge on any atom is 0.0728 e. The third-order valence-corrected chi connectivity index (χ3v) is 4.88. The molecule has 4 heteroatoms. The topological polar surface area (TPSA) is 36.4 Å². The number of piperidine rings is 3. The Balaban J connectivity index is 1.79. The monoisotopic (exact) mass is 296 g/mol. The Morgan fingerprint density at radius 3 is 2.82 bits per heavy atom. The molecule has 1 aromatic rings. The molecule has 0 aliphatic carbocycles. The van der Waals surface area contributed by atoms with Crippen LogP contribution >= 0.6 is 15.9 Å². The smallest absolute Gasteiger partial charge is 0.0728 e. The fourth-order valence-corrected chi connectivity index (χ4v) is 3.56. The number of aliphatic hydroxyl groups is 1. The summed E-state index contributed by atoms with van der Waals surface area (Å²) in [6.45, 7) is 2.27. The minimum Gasteiger partial charge on any atom is -0.391 e. The van der Waals surface area contributed by atoms with Gasteiger partial charge in [0.25, 0.3) is 0 Å². The molecule has 4 heterocycles. The average molecular weight is 297 g/mol. The predicted octanol–water partition coefficient (Wildman–Crippen LogP) is 1.84. The van der Waals surface area contributed by atoms with Crippen molar-refractivity contribution in [3.05, 3.63) is 28.5 Å². The lowest BCUT2D eigenvalue weighted by Gasteiger charge is -2.49. The maximum absolute atomic E-state index is 10.3. The van der Waals surface area contributed by atoms with Gasteiger partial charge in [-0.2, -0.15) is 0 Å². The number of hydrogen-bond donors (Lipinski definition) is 1. The first-order chi connectivity index (χ1) is 8.25. The minimum absolute atomic E-state index is 0.175. The van der Waals surface area contributed by atoms with Crippen molar-refractivity contribution in [3.8, 4) is 0 Å². The SMILES string of the molecule is OC1C2CCN(CC2)C1Cc1ncccc1Br. The van der Waals surface area contributed by atoms with Gasteiger partial charge in [-0.3, -0.25) is 9.88 Å². The third-order valence-electron chi connectivity index (χ3n) is 4.16. The van der Waals surface area contributed by atoms with Crippen LogP contribution in [-0.2, 0) is 6.42 Å². The highest BCUT2D eigenvalue weighted by molar-refractivity contribution is 9.10. The summed E-state index contributed by atoms with van der Waals surface area (Å²) in [5.74, 6) is 0.507. The molecule has 0 amide bonds. The van der Waals surface area contributed by atoms with Crippen LogP contribution in [0.3, 0.4) is 0 Å². The molecule has 0 aromatic carbocycles. The van der Waals surface area contributed by atoms with Gasteiger partial charge in [-0.15, -0.1) is 0 Å². The van der Waals surface area contributed by atoms with Crippen molar-refractivity contribution >= 4 is 15.9 Å². The largest absolute Gasteiger partial charge is 0.391 e. The first kappa shape index (κ1) is 11.6. The molecule has 92 valence electrons. The number of hydrogen-bond acceptors (Lipinski definition) is 3. The predicted molar refractivity (Wildman–Crippen MR) is 69.7 cm³/mol. The van der Waals surface area contributed by atoms with Crippen LogP contribution in [0, 0.1) is 5.92 Å². The van der Waals surface area contributed by atoms with Crippen molar-refractivity contribution < 1.29 is 5.11 Å². The molecule has 1 aromatic heterocycles. The summed E-state index contributed by atoms with van der Waals surface area (Å²) in [5, 5.41) is 10.3. The van der Waals surface area contributed by atoms with E-state index in [-0.39, 0.29) is 12.1 Å². The summed E-state index contributed by atoms with van der Waals surface area (Å²) >= 11 is 3.53. The molecule has 0 spiro atoms. The highest BCUT2D eigenvalue weighted by Gasteiger charge is 2.41. The number of nitrogens with zero attached hydrogens (tertiary/aromatic N) is 2. The quantitative estimate of drug-likeness (QED) is 0.905. The van der Waals surface area contributed by atoms with Crippen LogP contribution in [0.25, 0.3) is 0 Å². The molecule has 2 unspecified atom stereocenters. The van der Waals surface area contributed by atoms with Gasteiger partial charge in [0.15, 0.2) is 0 Å². The van der Waals surface area contributed by atoms with Gasteiger partial charge in [-0.1, -0.05) is 0 Å². The molecule has 0 saturated carbocycles. The van der Waals surface area contributed by atoms with E-state index >= 15 is 0 Å². The summed E-state index contributed by atoms with van der Waals surface area (Å²) in [5.41, 5.74) is 1.06. The van der Waals surface area contributed by atoms with Crippen LogP contribution in [0.4, 0.5) is 0 Å². The van der Waals surface area contributed by atoms with E-state index < -0.39 is 0 Å². The summed E-state index contributed by atoms with van der Waals surface area (Å²) in [7, 11) is 0. The van der Waals surface area contributed by atoms with E-state index in [9.17, 15) is 5.11 Å². The van der Waals surface area contributed by atoms with Crippen molar-refractivity contribution in [2.24, 2.45) is 5.92 Å². The molecule has 0 radical (unpaired) electrons. The molecule has 3 fully saturated rings. The van der Waals surface area contributed by atoms with Crippen molar-refractivity contribution in [2.45, 2.75) is 31.4 Å². The van der Waals surface area contributed by atoms with Crippen molar-refractivity contribution in [2.75, 3.05) is 13.1 Å². The van der Waals surface area contributed by atoms with Gasteiger partial charge in [0.2, 0.25) is 0 Å². The van der Waals surface area contributed by atoms with E-state index in [0.717, 1.165) is 42.5 Å². The Labute approximate surface area is 110 Å². The number of rotatable bonds is 2. The molecule has 1 N–H and O–H groups in total. The van der Waals surface area contributed by atoms with E-state index in [1.807, 2.05) is 18.3 Å². The van der Waals surface area contributed by atoms with E-state index in [1.54, 1.807) is 0 Å². The molecular weight excluding hydrogens is 280 g/mol. The fraction of sp³-hybridized carbons (Fsp3) is 0.615. The average Bonchev–Trinajstić information content (AvgIpc) is 2.36. The van der Waals surface area contributed by atoms with Gasteiger partial charge in [0.1, 0.15) is 0 Å². The summed E-state index contributed by atoms with van der Waals surface area (Å²) < 4.78 is 1.05. The van der Waals surface area contributed by atoms with Gasteiger partial charge in [-0.05, 0) is 59.9 Å². The number of halogens is 1. The van der Waals surface area contributed by atoms with Crippen molar-refractivity contribution in [1.29, 1.82) is 0 Å². The second kappa shape index (κ2) is 4.67. The summed E-state index contributed by atoms with van der Waals surface area (Å²) in [6.07, 6.45) is 4.80. The Bertz CT molecular complexity index is 402. The van der Waals surface area contributed by atoms with E-state index in [2.05, 4.69) is 25.8 Å². The molecule has 17 heavy (non-hydrogen) atoms. The molecule has 3 aliphatic heterocycles. The Morgan fingerprint density at radius 1 is 1.41 bits per heavy atom. The van der Waals surface area contributed by atoms with Gasteiger partial charge in [0.05, 0.1) is 11.8 Å². The first-order valence-electron chi connectivity index (χ1n) is 6.27. The zero-order valence-electron chi connectivity index (χ0n) is 9.72. The van der Waals surface area contributed by atoms with Crippen LogP contribution in [0.1, 0.15) is 18.5 Å². The van der Waals surface area contributed by atoms with E-state index in [0.29, 0.717) is 5.92 Å². The molecule has 2 bridgehead atoms. The van der Waals surface area contributed by atoms with Gasteiger partial charge in [-0.25, -0.2) is 0 Å². The Kier molecular flexibility index (Phi) is 3.19. The fourth-order valence-electron chi connectivity index (χ4n) is 3.14. The lowest BCUT2D eigenvalue weighted by atomic mass is 9.79. The molecular formula is C13H17BrN2O. The summed E-state index contributed by atoms with van der Waals surface area (Å²) in [4.78, 5) is 6.83. The van der Waals surface area contributed by atoms with Gasteiger partial charge < -0.3 is 5.11 Å². The molecule has 4 rings (SSSR count). The molecule has 2 atom stereocenters. The zero-order chi connectivity index (χ0) is 11.8. The Morgan fingerprint density at radius 2 is 2.18 bits per heavy atom. The van der Waals surface area contributed by atoms with E-state index in [4.69, 9.17) is 0 Å². The van der Waals surface area contributed by atoms with Gasteiger partial charge in [0, 0.05) is 23.1 Å². The number of aliphatic hydroxyl groups excluding tert-OH is 1. The third kappa shape index (κ3) is 2.14. The maximum atomic E-state index is 10.3. The second-order valence-electron chi connectivity index (χ2n) is 5.07. The number of pyridine rings is 1. The highest BCUT2D eigenvalue weighted by Crippen LogP contribution is 2.34. The van der Waals surface area contributed by atoms with Crippen LogP contribution in [0.5, 0.6) is 0 Å². The first-order valence-corrected chi connectivity index (χ1v) is 7.06. The lowest BCUT2D eigenvalue weighted by Crippen LogP contribution is -2.58. The van der Waals surface area contributed by atoms with Crippen LogP contribution in [0.15, 0.2) is 22.8 Å². The minimum atomic E-state index is -0.175. The van der Waals surface area contributed by atoms with E-state index in [1.165, 1.54) is 0 Å². The van der Waals surface area contributed by atoms with Crippen LogP contribution < -0.4 is 0 Å². The highest BCUT2D eigenvalue weighted by atomic mass is 79.9. The standard InChI is InChI=1S/C13H17BrN2O/c14-10-2-1-5-15-11(10)8-12-13(17)9-3-6-16(12)7-4-9/h1-2,5,9,12-13,17H,3-4,6-8H2. The number of aromatic nitrogens is 1. The zero-order valence-corrected chi connectivity index (χ0v) is 11.3. The van der Waals surface area contributed by atoms with Gasteiger partial charge >= 0.3 is 0 Å². The van der Waals surface area contributed by atoms with Crippen LogP contribution in [-0.4, -0.2) is 40.2 Å². The lowest BCUT2D eigenvalue weighted by molar-refractivity contribution is -0.0718. The Hall–Kier alpha value is -0.450.